The van der Waals surface area contributed by atoms with Crippen LogP contribution in [0.25, 0.3) is 10.8 Å². The van der Waals surface area contributed by atoms with E-state index in [0.29, 0.717) is 13.1 Å². The molecule has 0 spiro atoms. The van der Waals surface area contributed by atoms with Crippen molar-refractivity contribution in [2.45, 2.75) is 33.1 Å². The number of nitrogens with two attached hydrogens (primary N) is 1. The molecule has 22 heavy (non-hydrogen) atoms. The van der Waals surface area contributed by atoms with E-state index in [-0.39, 0.29) is 5.91 Å². The van der Waals surface area contributed by atoms with Gasteiger partial charge in [-0.3, -0.25) is 4.79 Å². The Morgan fingerprint density at radius 3 is 2.41 bits per heavy atom. The second-order valence-electron chi connectivity index (χ2n) is 5.88. The van der Waals surface area contributed by atoms with Gasteiger partial charge in [0, 0.05) is 13.1 Å². The number of fused-ring (bicyclic) bond motifs is 1. The Morgan fingerprint density at radius 2 is 1.77 bits per heavy atom. The molecule has 0 aliphatic carbocycles. The van der Waals surface area contributed by atoms with Crippen LogP contribution < -0.4 is 11.1 Å². The van der Waals surface area contributed by atoms with E-state index in [1.54, 1.807) is 0 Å². The van der Waals surface area contributed by atoms with E-state index >= 15 is 0 Å². The minimum atomic E-state index is -0.413. The molecule has 0 radical (unpaired) electrons. The molecule has 0 unspecified atom stereocenters. The van der Waals surface area contributed by atoms with Gasteiger partial charge in [-0.15, -0.1) is 0 Å². The van der Waals surface area contributed by atoms with Gasteiger partial charge in [-0.05, 0) is 35.6 Å². The maximum Gasteiger partial charge on any atom is 0.227 e. The molecule has 0 fully saturated rings. The number of carbonyl (C=O) groups is 1. The lowest BCUT2D eigenvalue weighted by Crippen LogP contribution is -2.45. The van der Waals surface area contributed by atoms with E-state index in [0.717, 1.165) is 19.3 Å². The molecule has 118 valence electrons. The smallest absolute Gasteiger partial charge is 0.227 e. The zero-order chi connectivity index (χ0) is 16.0. The van der Waals surface area contributed by atoms with Crippen molar-refractivity contribution in [1.82, 2.24) is 5.32 Å². The van der Waals surface area contributed by atoms with E-state index in [9.17, 15) is 4.79 Å². The first-order chi connectivity index (χ1) is 10.6. The van der Waals surface area contributed by atoms with Crippen molar-refractivity contribution >= 4 is 16.7 Å². The fourth-order valence-corrected chi connectivity index (χ4v) is 2.85. The first-order valence-electron chi connectivity index (χ1n) is 8.11. The molecule has 0 saturated heterocycles. The molecule has 0 aliphatic rings. The SMILES string of the molecule is CCC(CC)(CN)C(=O)NCCc1ccc2ccccc2c1. The molecule has 3 nitrogen and oxygen atoms in total. The van der Waals surface area contributed by atoms with Crippen molar-refractivity contribution in [1.29, 1.82) is 0 Å². The standard InChI is InChI=1S/C19H26N2O/c1-3-19(4-2,14-20)18(22)21-12-11-15-9-10-16-7-5-6-8-17(16)13-15/h5-10,13H,3-4,11-12,14,20H2,1-2H3,(H,21,22). The molecule has 0 heterocycles. The number of benzene rings is 2. The molecule has 0 saturated carbocycles. The van der Waals surface area contributed by atoms with Gasteiger partial charge in [0.2, 0.25) is 5.91 Å². The summed E-state index contributed by atoms with van der Waals surface area (Å²) in [6.07, 6.45) is 2.40. The zero-order valence-electron chi connectivity index (χ0n) is 13.6. The van der Waals surface area contributed by atoms with Crippen molar-refractivity contribution in [2.24, 2.45) is 11.1 Å². The van der Waals surface area contributed by atoms with Gasteiger partial charge in [0.15, 0.2) is 0 Å². The fraction of sp³-hybridized carbons (Fsp3) is 0.421. The van der Waals surface area contributed by atoms with Crippen LogP contribution in [0.2, 0.25) is 0 Å². The second-order valence-corrected chi connectivity index (χ2v) is 5.88. The van der Waals surface area contributed by atoms with E-state index < -0.39 is 5.41 Å². The largest absolute Gasteiger partial charge is 0.355 e. The van der Waals surface area contributed by atoms with Crippen molar-refractivity contribution in [3.05, 3.63) is 48.0 Å². The highest BCUT2D eigenvalue weighted by atomic mass is 16.2. The van der Waals surface area contributed by atoms with Crippen LogP contribution in [0.1, 0.15) is 32.3 Å². The van der Waals surface area contributed by atoms with Gasteiger partial charge < -0.3 is 11.1 Å². The Labute approximate surface area is 132 Å². The topological polar surface area (TPSA) is 55.1 Å². The highest BCUT2D eigenvalue weighted by molar-refractivity contribution is 5.83. The van der Waals surface area contributed by atoms with Gasteiger partial charge in [0.1, 0.15) is 0 Å². The van der Waals surface area contributed by atoms with E-state index in [1.165, 1.54) is 16.3 Å². The van der Waals surface area contributed by atoms with Crippen molar-refractivity contribution in [3.8, 4) is 0 Å². The molecule has 0 atom stereocenters. The van der Waals surface area contributed by atoms with E-state index in [1.807, 2.05) is 26.0 Å². The summed E-state index contributed by atoms with van der Waals surface area (Å²) in [6, 6.07) is 14.8. The lowest BCUT2D eigenvalue weighted by molar-refractivity contribution is -0.131. The summed E-state index contributed by atoms with van der Waals surface area (Å²) in [5.41, 5.74) is 6.64. The minimum absolute atomic E-state index is 0.0841. The van der Waals surface area contributed by atoms with Crippen LogP contribution in [-0.2, 0) is 11.2 Å². The Morgan fingerprint density at radius 1 is 1.09 bits per heavy atom. The van der Waals surface area contributed by atoms with Crippen LogP contribution in [0.4, 0.5) is 0 Å². The van der Waals surface area contributed by atoms with Crippen LogP contribution in [0, 0.1) is 5.41 Å². The summed E-state index contributed by atoms with van der Waals surface area (Å²) in [5, 5.41) is 5.54. The third-order valence-corrected chi connectivity index (χ3v) is 4.74. The van der Waals surface area contributed by atoms with Crippen LogP contribution >= 0.6 is 0 Å². The predicted molar refractivity (Wildman–Crippen MR) is 92.7 cm³/mol. The number of nitrogens with one attached hydrogen (secondary N) is 1. The lowest BCUT2D eigenvalue weighted by atomic mass is 9.81. The summed E-state index contributed by atoms with van der Waals surface area (Å²) < 4.78 is 0. The average Bonchev–Trinajstić information content (AvgIpc) is 2.57. The monoisotopic (exact) mass is 298 g/mol. The summed E-state index contributed by atoms with van der Waals surface area (Å²) >= 11 is 0. The Balaban J connectivity index is 1.96. The summed E-state index contributed by atoms with van der Waals surface area (Å²) in [7, 11) is 0. The number of rotatable bonds is 7. The Bertz CT molecular complexity index is 624. The number of hydrogen-bond acceptors (Lipinski definition) is 2. The predicted octanol–water partition coefficient (Wildman–Crippen LogP) is 3.26. The maximum absolute atomic E-state index is 12.4. The van der Waals surface area contributed by atoms with Crippen LogP contribution in [0.5, 0.6) is 0 Å². The lowest BCUT2D eigenvalue weighted by Gasteiger charge is -2.28. The fourth-order valence-electron chi connectivity index (χ4n) is 2.85. The maximum atomic E-state index is 12.4. The molecular weight excluding hydrogens is 272 g/mol. The van der Waals surface area contributed by atoms with Gasteiger partial charge in [0.25, 0.3) is 0 Å². The van der Waals surface area contributed by atoms with Gasteiger partial charge >= 0.3 is 0 Å². The highest BCUT2D eigenvalue weighted by Gasteiger charge is 2.32. The third kappa shape index (κ3) is 3.47. The van der Waals surface area contributed by atoms with Crippen molar-refractivity contribution in [3.63, 3.8) is 0 Å². The zero-order valence-corrected chi connectivity index (χ0v) is 13.6. The normalized spacial score (nSPS) is 11.6. The molecule has 1 amide bonds. The molecule has 3 N–H and O–H groups in total. The minimum Gasteiger partial charge on any atom is -0.355 e. The first kappa shape index (κ1) is 16.5. The van der Waals surface area contributed by atoms with E-state index in [2.05, 4.69) is 35.6 Å². The summed E-state index contributed by atoms with van der Waals surface area (Å²) in [5.74, 6) is 0.0841. The molecular formula is C19H26N2O. The highest BCUT2D eigenvalue weighted by Crippen LogP contribution is 2.24. The Hall–Kier alpha value is -1.87. The molecule has 2 rings (SSSR count). The number of amides is 1. The number of carbonyl (C=O) groups excluding carboxylic acids is 1. The van der Waals surface area contributed by atoms with Crippen LogP contribution in [0.15, 0.2) is 42.5 Å². The van der Waals surface area contributed by atoms with Gasteiger partial charge in [-0.1, -0.05) is 56.3 Å². The van der Waals surface area contributed by atoms with Gasteiger partial charge in [-0.2, -0.15) is 0 Å². The van der Waals surface area contributed by atoms with E-state index in [4.69, 9.17) is 5.73 Å². The summed E-state index contributed by atoms with van der Waals surface area (Å²) in [6.45, 7) is 5.11. The van der Waals surface area contributed by atoms with Crippen molar-refractivity contribution < 1.29 is 4.79 Å². The Kier molecular flexibility index (Phi) is 5.56. The molecule has 0 aromatic heterocycles. The molecule has 2 aromatic rings. The molecule has 0 aliphatic heterocycles. The molecule has 3 heteroatoms. The van der Waals surface area contributed by atoms with Crippen molar-refractivity contribution in [2.75, 3.05) is 13.1 Å². The first-order valence-corrected chi connectivity index (χ1v) is 8.11. The third-order valence-electron chi connectivity index (χ3n) is 4.74. The van der Waals surface area contributed by atoms with Gasteiger partial charge in [-0.25, -0.2) is 0 Å². The quantitative estimate of drug-likeness (QED) is 0.824. The van der Waals surface area contributed by atoms with Gasteiger partial charge in [0.05, 0.1) is 5.41 Å². The second kappa shape index (κ2) is 7.41. The molecule has 0 bridgehead atoms. The average molecular weight is 298 g/mol. The summed E-state index contributed by atoms with van der Waals surface area (Å²) in [4.78, 5) is 12.4. The van der Waals surface area contributed by atoms with Crippen LogP contribution in [0.3, 0.4) is 0 Å². The van der Waals surface area contributed by atoms with Crippen LogP contribution in [-0.4, -0.2) is 19.0 Å². The molecule has 2 aromatic carbocycles. The number of hydrogen-bond donors (Lipinski definition) is 2.